The Balaban J connectivity index is 1.46. The summed E-state index contributed by atoms with van der Waals surface area (Å²) in [5, 5.41) is 9.49. The summed E-state index contributed by atoms with van der Waals surface area (Å²) < 4.78 is 17.7. The first-order valence-electron chi connectivity index (χ1n) is 13.2. The van der Waals surface area contributed by atoms with Gasteiger partial charge in [0.1, 0.15) is 17.6 Å². The maximum atomic E-state index is 14.1. The van der Waals surface area contributed by atoms with Gasteiger partial charge in [-0.1, -0.05) is 24.3 Å². The fourth-order valence-electron chi connectivity index (χ4n) is 6.27. The first-order valence-corrected chi connectivity index (χ1v) is 13.2. The van der Waals surface area contributed by atoms with Gasteiger partial charge in [0, 0.05) is 45.9 Å². The Hall–Kier alpha value is -2.27. The molecule has 0 bridgehead atoms. The number of ether oxygens (including phenoxy) is 3. The fraction of sp³-hybridized carbons (Fsp3) is 0.731. The van der Waals surface area contributed by atoms with Gasteiger partial charge in [-0.2, -0.15) is 0 Å². The smallest absolute Gasteiger partial charge is 0.313 e. The zero-order valence-corrected chi connectivity index (χ0v) is 20.9. The molecule has 10 nitrogen and oxygen atoms in total. The van der Waals surface area contributed by atoms with Crippen molar-refractivity contribution >= 4 is 17.8 Å². The molecule has 1 N–H and O–H groups in total. The highest BCUT2D eigenvalue weighted by molar-refractivity contribution is 5.99. The molecule has 5 heterocycles. The predicted molar refractivity (Wildman–Crippen MR) is 129 cm³/mol. The molecule has 5 aliphatic rings. The summed E-state index contributed by atoms with van der Waals surface area (Å²) in [5.41, 5.74) is -1.25. The first kappa shape index (κ1) is 25.4. The number of hydrogen-bond donors (Lipinski definition) is 1. The molecule has 6 atom stereocenters. The highest BCUT2D eigenvalue weighted by Gasteiger charge is 2.71. The second-order valence-electron chi connectivity index (χ2n) is 10.3. The normalized spacial score (nSPS) is 37.9. The Morgan fingerprint density at radius 2 is 1.89 bits per heavy atom. The van der Waals surface area contributed by atoms with Gasteiger partial charge in [0.15, 0.2) is 0 Å². The molecule has 3 unspecified atom stereocenters. The predicted octanol–water partition coefficient (Wildman–Crippen LogP) is -0.0381. The van der Waals surface area contributed by atoms with Crippen LogP contribution < -0.4 is 0 Å². The number of carbonyl (C=O) groups excluding carboxylic acids is 3. The number of cyclic esters (lactones) is 1. The largest absolute Gasteiger partial charge is 0.462 e. The summed E-state index contributed by atoms with van der Waals surface area (Å²) in [6.45, 7) is 6.64. The molecule has 3 saturated heterocycles. The number of rotatable bonds is 6. The summed E-state index contributed by atoms with van der Waals surface area (Å²) >= 11 is 0. The van der Waals surface area contributed by atoms with Crippen molar-refractivity contribution in [3.8, 4) is 0 Å². The van der Waals surface area contributed by atoms with Crippen LogP contribution in [0.2, 0.25) is 0 Å². The van der Waals surface area contributed by atoms with Crippen molar-refractivity contribution in [2.24, 2.45) is 11.8 Å². The zero-order chi connectivity index (χ0) is 25.3. The molecule has 0 aromatic carbocycles. The van der Waals surface area contributed by atoms with E-state index in [1.165, 1.54) is 4.90 Å². The number of allylic oxidation sites excluding steroid dienone is 1. The van der Waals surface area contributed by atoms with Crippen LogP contribution in [0.5, 0.6) is 0 Å². The third-order valence-electron chi connectivity index (χ3n) is 8.08. The van der Waals surface area contributed by atoms with E-state index < -0.39 is 35.6 Å². The molecule has 10 heteroatoms. The third-order valence-corrected chi connectivity index (χ3v) is 8.08. The number of likely N-dealkylation sites (tertiary alicyclic amines) is 1. The number of esters is 1. The van der Waals surface area contributed by atoms with E-state index in [4.69, 9.17) is 14.2 Å². The van der Waals surface area contributed by atoms with Crippen LogP contribution in [-0.4, -0.2) is 121 Å². The Kier molecular flexibility index (Phi) is 7.48. The summed E-state index contributed by atoms with van der Waals surface area (Å²) in [7, 11) is 0. The van der Waals surface area contributed by atoms with Crippen molar-refractivity contribution in [3.63, 3.8) is 0 Å². The highest BCUT2D eigenvalue weighted by atomic mass is 16.6. The SMILES string of the molecule is CC1CC/C=C\[C@H]2OC34C=CCN(CCN5CCOCC5)C(=O)[C@H]3N(CCCO)C(=O)[C@@H]4C2C(=O)O1. The molecule has 1 spiro atoms. The van der Waals surface area contributed by atoms with Gasteiger partial charge in [-0.25, -0.2) is 0 Å². The topological polar surface area (TPSA) is 109 Å². The number of nitrogens with zero attached hydrogens (tertiary/aromatic N) is 3. The van der Waals surface area contributed by atoms with Crippen LogP contribution in [0.25, 0.3) is 0 Å². The van der Waals surface area contributed by atoms with Crippen molar-refractivity contribution in [2.45, 2.75) is 50.0 Å². The number of fused-ring (bicyclic) bond motifs is 2. The van der Waals surface area contributed by atoms with Crippen LogP contribution in [0.1, 0.15) is 26.2 Å². The summed E-state index contributed by atoms with van der Waals surface area (Å²) in [6, 6.07) is -0.890. The number of amides is 2. The van der Waals surface area contributed by atoms with Crippen molar-refractivity contribution in [1.82, 2.24) is 14.7 Å². The van der Waals surface area contributed by atoms with E-state index in [9.17, 15) is 19.5 Å². The second-order valence-corrected chi connectivity index (χ2v) is 10.3. The van der Waals surface area contributed by atoms with Gasteiger partial charge in [0.2, 0.25) is 11.8 Å². The molecule has 198 valence electrons. The second kappa shape index (κ2) is 10.6. The van der Waals surface area contributed by atoms with E-state index in [0.29, 0.717) is 39.1 Å². The van der Waals surface area contributed by atoms with Gasteiger partial charge in [0.05, 0.1) is 31.3 Å². The lowest BCUT2D eigenvalue weighted by molar-refractivity contribution is -0.158. The Morgan fingerprint density at radius 1 is 1.08 bits per heavy atom. The maximum Gasteiger partial charge on any atom is 0.313 e. The van der Waals surface area contributed by atoms with Gasteiger partial charge in [-0.05, 0) is 26.2 Å². The maximum absolute atomic E-state index is 14.1. The molecule has 5 aliphatic heterocycles. The minimum Gasteiger partial charge on any atom is -0.462 e. The summed E-state index contributed by atoms with van der Waals surface area (Å²) in [4.78, 5) is 46.9. The Labute approximate surface area is 211 Å². The molecular formula is C26H37N3O7. The van der Waals surface area contributed by atoms with Crippen LogP contribution in [-0.2, 0) is 28.6 Å². The zero-order valence-electron chi connectivity index (χ0n) is 20.9. The summed E-state index contributed by atoms with van der Waals surface area (Å²) in [6.07, 6.45) is 8.45. The van der Waals surface area contributed by atoms with Gasteiger partial charge in [0.25, 0.3) is 0 Å². The lowest BCUT2D eigenvalue weighted by atomic mass is 9.78. The monoisotopic (exact) mass is 503 g/mol. The molecule has 0 aromatic heterocycles. The number of hydrogen-bond acceptors (Lipinski definition) is 8. The van der Waals surface area contributed by atoms with Crippen molar-refractivity contribution in [2.75, 3.05) is 59.1 Å². The minimum atomic E-state index is -1.25. The van der Waals surface area contributed by atoms with Crippen LogP contribution >= 0.6 is 0 Å². The van der Waals surface area contributed by atoms with Gasteiger partial charge in [-0.15, -0.1) is 0 Å². The standard InChI is InChI=1S/C26H37N3O7/c1-18-6-2-3-7-19-20(25(33)35-18)21-23(31)29(10-5-15-30)22-24(32)28(9-4-8-26(21,22)36-19)12-11-27-13-16-34-17-14-27/h3-4,7-8,18-22,30H,2,5-6,9-17H2,1H3/b7-3-/t18?,19-,20?,21+,22-,26?/m1/s1. The molecule has 36 heavy (non-hydrogen) atoms. The van der Waals surface area contributed by atoms with Crippen molar-refractivity contribution < 1.29 is 33.7 Å². The Morgan fingerprint density at radius 3 is 2.67 bits per heavy atom. The molecule has 0 saturated carbocycles. The van der Waals surface area contributed by atoms with E-state index in [2.05, 4.69) is 4.90 Å². The minimum absolute atomic E-state index is 0.103. The molecule has 0 aromatic rings. The first-order chi connectivity index (χ1) is 17.5. The van der Waals surface area contributed by atoms with Gasteiger partial charge >= 0.3 is 5.97 Å². The molecule has 0 radical (unpaired) electrons. The van der Waals surface area contributed by atoms with E-state index in [-0.39, 0.29) is 31.1 Å². The lowest BCUT2D eigenvalue weighted by Gasteiger charge is -2.36. The van der Waals surface area contributed by atoms with Crippen LogP contribution in [0.4, 0.5) is 0 Å². The fourth-order valence-corrected chi connectivity index (χ4v) is 6.27. The lowest BCUT2D eigenvalue weighted by Crippen LogP contribution is -2.56. The number of morpholine rings is 1. The van der Waals surface area contributed by atoms with Crippen LogP contribution in [0.15, 0.2) is 24.3 Å². The number of carbonyl (C=O) groups is 3. The van der Waals surface area contributed by atoms with Gasteiger partial charge < -0.3 is 29.1 Å². The Bertz CT molecular complexity index is 917. The van der Waals surface area contributed by atoms with Crippen molar-refractivity contribution in [1.29, 1.82) is 0 Å². The van der Waals surface area contributed by atoms with E-state index in [1.54, 1.807) is 4.90 Å². The quantitative estimate of drug-likeness (QED) is 0.398. The average Bonchev–Trinajstić information content (AvgIpc) is 3.27. The molecule has 0 aliphatic carbocycles. The highest BCUT2D eigenvalue weighted by Crippen LogP contribution is 2.53. The molecular weight excluding hydrogens is 466 g/mol. The van der Waals surface area contributed by atoms with E-state index >= 15 is 0 Å². The number of aliphatic hydroxyl groups is 1. The number of aliphatic hydroxyl groups excluding tert-OH is 1. The summed E-state index contributed by atoms with van der Waals surface area (Å²) in [5.74, 6) is -2.60. The van der Waals surface area contributed by atoms with Crippen molar-refractivity contribution in [3.05, 3.63) is 24.3 Å². The third kappa shape index (κ3) is 4.49. The molecule has 3 fully saturated rings. The average molecular weight is 504 g/mol. The van der Waals surface area contributed by atoms with Gasteiger partial charge in [-0.3, -0.25) is 19.3 Å². The van der Waals surface area contributed by atoms with E-state index in [0.717, 1.165) is 26.1 Å². The van der Waals surface area contributed by atoms with E-state index in [1.807, 2.05) is 31.2 Å². The molecule has 5 rings (SSSR count). The van der Waals surface area contributed by atoms with Crippen LogP contribution in [0, 0.1) is 11.8 Å². The molecule has 2 amide bonds. The van der Waals surface area contributed by atoms with Crippen LogP contribution in [0.3, 0.4) is 0 Å².